The predicted molar refractivity (Wildman–Crippen MR) is 93.8 cm³/mol. The molecule has 120 valence electrons. The molecule has 0 fully saturated rings. The minimum absolute atomic E-state index is 0.205. The summed E-state index contributed by atoms with van der Waals surface area (Å²) in [7, 11) is 1.62. The van der Waals surface area contributed by atoms with Gasteiger partial charge in [0.05, 0.1) is 19.0 Å². The molecule has 0 aliphatic heterocycles. The summed E-state index contributed by atoms with van der Waals surface area (Å²) in [6, 6.07) is 7.52. The van der Waals surface area contributed by atoms with Crippen molar-refractivity contribution in [2.75, 3.05) is 18.3 Å². The van der Waals surface area contributed by atoms with Crippen LogP contribution in [0, 0.1) is 13.8 Å². The van der Waals surface area contributed by atoms with Crippen molar-refractivity contribution in [2.45, 2.75) is 20.4 Å². The maximum atomic E-state index is 12.4. The van der Waals surface area contributed by atoms with E-state index in [4.69, 9.17) is 10.6 Å². The van der Waals surface area contributed by atoms with Gasteiger partial charge in [-0.2, -0.15) is 0 Å². The Kier molecular flexibility index (Phi) is 3.96. The number of hydrogen-bond donors (Lipinski definition) is 2. The van der Waals surface area contributed by atoms with Gasteiger partial charge >= 0.3 is 0 Å². The standard InChI is InChI=1S/C16H18N4O2S/c1-9-10(2)23-15-14(9)16(21)20(17)13(19-15)8-18-11-4-6-12(22-3)7-5-11/h4-7,18H,8,17H2,1-3H3. The summed E-state index contributed by atoms with van der Waals surface area (Å²) >= 11 is 1.52. The van der Waals surface area contributed by atoms with Crippen molar-refractivity contribution < 1.29 is 4.74 Å². The number of aryl methyl sites for hydroxylation is 2. The Hall–Kier alpha value is -2.54. The van der Waals surface area contributed by atoms with E-state index in [9.17, 15) is 4.79 Å². The highest BCUT2D eigenvalue weighted by molar-refractivity contribution is 7.18. The van der Waals surface area contributed by atoms with Gasteiger partial charge < -0.3 is 15.9 Å². The molecule has 0 amide bonds. The van der Waals surface area contributed by atoms with Gasteiger partial charge in [0.25, 0.3) is 5.56 Å². The number of rotatable bonds is 4. The van der Waals surface area contributed by atoms with Crippen molar-refractivity contribution in [3.63, 3.8) is 0 Å². The maximum Gasteiger partial charge on any atom is 0.281 e. The van der Waals surface area contributed by atoms with Crippen molar-refractivity contribution >= 4 is 27.2 Å². The first kappa shape index (κ1) is 15.4. The van der Waals surface area contributed by atoms with Gasteiger partial charge in [-0.05, 0) is 43.7 Å². The summed E-state index contributed by atoms with van der Waals surface area (Å²) in [6.07, 6.45) is 0. The van der Waals surface area contributed by atoms with Gasteiger partial charge in [-0.1, -0.05) is 0 Å². The molecule has 0 saturated carbocycles. The Balaban J connectivity index is 1.90. The van der Waals surface area contributed by atoms with Crippen LogP contribution in [0.25, 0.3) is 10.2 Å². The van der Waals surface area contributed by atoms with Gasteiger partial charge in [0, 0.05) is 10.6 Å². The van der Waals surface area contributed by atoms with E-state index in [1.807, 2.05) is 38.1 Å². The first-order chi connectivity index (χ1) is 11.0. The Labute approximate surface area is 137 Å². The number of methoxy groups -OCH3 is 1. The van der Waals surface area contributed by atoms with E-state index in [-0.39, 0.29) is 5.56 Å². The molecule has 0 spiro atoms. The number of thiophene rings is 1. The number of ether oxygens (including phenoxy) is 1. The van der Waals surface area contributed by atoms with Gasteiger partial charge in [0.2, 0.25) is 0 Å². The third-order valence-electron chi connectivity index (χ3n) is 3.85. The zero-order valence-corrected chi connectivity index (χ0v) is 14.0. The predicted octanol–water partition coefficient (Wildman–Crippen LogP) is 2.41. The number of nitrogen functional groups attached to an aromatic ring is 1. The number of nitrogens with zero attached hydrogens (tertiary/aromatic N) is 2. The van der Waals surface area contributed by atoms with Crippen LogP contribution in [0.2, 0.25) is 0 Å². The number of anilines is 1. The van der Waals surface area contributed by atoms with E-state index >= 15 is 0 Å². The van der Waals surface area contributed by atoms with Crippen molar-refractivity contribution in [3.05, 3.63) is 50.9 Å². The third-order valence-corrected chi connectivity index (χ3v) is 4.95. The summed E-state index contributed by atoms with van der Waals surface area (Å²) < 4.78 is 6.25. The Morgan fingerprint density at radius 3 is 2.65 bits per heavy atom. The average Bonchev–Trinajstić information content (AvgIpc) is 2.84. The fraction of sp³-hybridized carbons (Fsp3) is 0.250. The molecule has 2 heterocycles. The van der Waals surface area contributed by atoms with E-state index in [1.54, 1.807) is 7.11 Å². The number of aromatic nitrogens is 2. The highest BCUT2D eigenvalue weighted by atomic mass is 32.1. The molecule has 0 aliphatic rings. The van der Waals surface area contributed by atoms with Crippen LogP contribution in [0.15, 0.2) is 29.1 Å². The van der Waals surface area contributed by atoms with Crippen LogP contribution in [0.5, 0.6) is 5.75 Å². The zero-order chi connectivity index (χ0) is 16.6. The van der Waals surface area contributed by atoms with Crippen LogP contribution in [0.3, 0.4) is 0 Å². The minimum Gasteiger partial charge on any atom is -0.497 e. The second kappa shape index (κ2) is 5.92. The smallest absolute Gasteiger partial charge is 0.281 e. The lowest BCUT2D eigenvalue weighted by Crippen LogP contribution is -2.32. The fourth-order valence-corrected chi connectivity index (χ4v) is 3.40. The molecular weight excluding hydrogens is 312 g/mol. The minimum atomic E-state index is -0.205. The van der Waals surface area contributed by atoms with Crippen LogP contribution in [0.1, 0.15) is 16.3 Å². The van der Waals surface area contributed by atoms with Crippen LogP contribution in [-0.2, 0) is 6.54 Å². The molecule has 0 atom stereocenters. The maximum absolute atomic E-state index is 12.4. The summed E-state index contributed by atoms with van der Waals surface area (Å²) in [4.78, 5) is 18.8. The largest absolute Gasteiger partial charge is 0.497 e. The molecule has 0 saturated heterocycles. The van der Waals surface area contributed by atoms with Gasteiger partial charge in [-0.3, -0.25) is 4.79 Å². The number of benzene rings is 1. The third kappa shape index (κ3) is 2.75. The highest BCUT2D eigenvalue weighted by Crippen LogP contribution is 2.26. The van der Waals surface area contributed by atoms with Crippen LogP contribution in [0.4, 0.5) is 5.69 Å². The highest BCUT2D eigenvalue weighted by Gasteiger charge is 2.14. The number of fused-ring (bicyclic) bond motifs is 1. The molecule has 0 unspecified atom stereocenters. The van der Waals surface area contributed by atoms with Crippen molar-refractivity contribution in [3.8, 4) is 5.75 Å². The Bertz CT molecular complexity index is 912. The molecule has 23 heavy (non-hydrogen) atoms. The molecule has 2 aromatic heterocycles. The van der Waals surface area contributed by atoms with Crippen LogP contribution in [-0.4, -0.2) is 16.8 Å². The van der Waals surface area contributed by atoms with E-state index in [0.29, 0.717) is 17.8 Å². The molecular formula is C16H18N4O2S. The van der Waals surface area contributed by atoms with Crippen LogP contribution < -0.4 is 21.5 Å². The van der Waals surface area contributed by atoms with Gasteiger partial charge in [-0.15, -0.1) is 11.3 Å². The molecule has 3 aromatic rings. The molecule has 3 N–H and O–H groups in total. The lowest BCUT2D eigenvalue weighted by Gasteiger charge is -2.10. The molecule has 7 heteroatoms. The molecule has 6 nitrogen and oxygen atoms in total. The van der Waals surface area contributed by atoms with E-state index < -0.39 is 0 Å². The van der Waals surface area contributed by atoms with Gasteiger partial charge in [-0.25, -0.2) is 9.66 Å². The molecule has 1 aromatic carbocycles. The number of hydrogen-bond acceptors (Lipinski definition) is 6. The Morgan fingerprint density at radius 2 is 2.00 bits per heavy atom. The van der Waals surface area contributed by atoms with E-state index in [2.05, 4.69) is 10.3 Å². The summed E-state index contributed by atoms with van der Waals surface area (Å²) in [5, 5.41) is 3.83. The lowest BCUT2D eigenvalue weighted by atomic mass is 10.2. The normalized spacial score (nSPS) is 10.9. The zero-order valence-electron chi connectivity index (χ0n) is 13.2. The Morgan fingerprint density at radius 1 is 1.30 bits per heavy atom. The summed E-state index contributed by atoms with van der Waals surface area (Å²) in [5.41, 5.74) is 1.65. The molecule has 0 aliphatic carbocycles. The first-order valence-corrected chi connectivity index (χ1v) is 7.97. The molecule has 0 bridgehead atoms. The average molecular weight is 330 g/mol. The first-order valence-electron chi connectivity index (χ1n) is 7.16. The number of nitrogens with one attached hydrogen (secondary N) is 1. The van der Waals surface area contributed by atoms with Gasteiger partial charge in [0.15, 0.2) is 5.82 Å². The van der Waals surface area contributed by atoms with Gasteiger partial charge in [0.1, 0.15) is 10.6 Å². The van der Waals surface area contributed by atoms with Crippen molar-refractivity contribution in [1.82, 2.24) is 9.66 Å². The van der Waals surface area contributed by atoms with Crippen LogP contribution >= 0.6 is 11.3 Å². The number of nitrogens with two attached hydrogens (primary N) is 1. The molecule has 0 radical (unpaired) electrons. The second-order valence-corrected chi connectivity index (χ2v) is 6.45. The molecule has 3 rings (SSSR count). The fourth-order valence-electron chi connectivity index (χ4n) is 2.36. The van der Waals surface area contributed by atoms with Crippen molar-refractivity contribution in [2.24, 2.45) is 0 Å². The lowest BCUT2D eigenvalue weighted by molar-refractivity contribution is 0.415. The quantitative estimate of drug-likeness (QED) is 0.718. The topological polar surface area (TPSA) is 82.2 Å². The van der Waals surface area contributed by atoms with Crippen molar-refractivity contribution in [1.29, 1.82) is 0 Å². The van der Waals surface area contributed by atoms with E-state index in [0.717, 1.165) is 31.4 Å². The SMILES string of the molecule is COc1ccc(NCc2nc3sc(C)c(C)c3c(=O)n2N)cc1. The summed E-state index contributed by atoms with van der Waals surface area (Å²) in [5.74, 6) is 7.21. The van der Waals surface area contributed by atoms with E-state index in [1.165, 1.54) is 11.3 Å². The monoisotopic (exact) mass is 330 g/mol. The second-order valence-electron chi connectivity index (χ2n) is 5.25. The summed E-state index contributed by atoms with van der Waals surface area (Å²) in [6.45, 7) is 4.27.